The fourth-order valence-electron chi connectivity index (χ4n) is 2.19. The molecule has 3 heteroatoms. The second kappa shape index (κ2) is 5.50. The Hall–Kier alpha value is -2.08. The molecule has 1 aromatic rings. The molecule has 3 nitrogen and oxygen atoms in total. The minimum absolute atomic E-state index is 0.309. The zero-order valence-corrected chi connectivity index (χ0v) is 10.3. The monoisotopic (exact) mass is 241 g/mol. The van der Waals surface area contributed by atoms with Crippen molar-refractivity contribution in [2.24, 2.45) is 5.92 Å². The zero-order valence-electron chi connectivity index (χ0n) is 10.3. The van der Waals surface area contributed by atoms with Gasteiger partial charge in [-0.2, -0.15) is 5.26 Å². The van der Waals surface area contributed by atoms with E-state index in [1.807, 2.05) is 18.2 Å². The third kappa shape index (κ3) is 2.60. The molecule has 18 heavy (non-hydrogen) atoms. The number of rotatable bonds is 2. The molecule has 2 rings (SSSR count). The lowest BCUT2D eigenvalue weighted by Gasteiger charge is -2.07. The van der Waals surface area contributed by atoms with Crippen LogP contribution in [0.15, 0.2) is 24.3 Å². The summed E-state index contributed by atoms with van der Waals surface area (Å²) < 4.78 is 4.71. The van der Waals surface area contributed by atoms with Gasteiger partial charge in [0.05, 0.1) is 18.7 Å². The largest absolute Gasteiger partial charge is 0.465 e. The molecule has 0 aromatic heterocycles. The first-order valence-electron chi connectivity index (χ1n) is 6.01. The number of fused-ring (bicyclic) bond motifs is 1. The van der Waals surface area contributed by atoms with Crippen molar-refractivity contribution in [1.82, 2.24) is 0 Å². The van der Waals surface area contributed by atoms with Crippen LogP contribution < -0.4 is 0 Å². The van der Waals surface area contributed by atoms with Gasteiger partial charge in [0.25, 0.3) is 0 Å². The molecule has 92 valence electrons. The number of nitriles is 1. The number of carbonyl (C=O) groups is 1. The molecule has 0 heterocycles. The van der Waals surface area contributed by atoms with Crippen LogP contribution in [0.2, 0.25) is 0 Å². The number of ether oxygens (including phenoxy) is 1. The highest BCUT2D eigenvalue weighted by atomic mass is 16.5. The van der Waals surface area contributed by atoms with Crippen molar-refractivity contribution in [2.45, 2.75) is 19.3 Å². The van der Waals surface area contributed by atoms with Gasteiger partial charge in [-0.15, -0.1) is 0 Å². The topological polar surface area (TPSA) is 50.1 Å². The third-order valence-corrected chi connectivity index (χ3v) is 3.25. The summed E-state index contributed by atoms with van der Waals surface area (Å²) in [6, 6.07) is 7.83. The van der Waals surface area contributed by atoms with Gasteiger partial charge in [-0.3, -0.25) is 0 Å². The number of hydrogen-bond donors (Lipinski definition) is 0. The highest BCUT2D eigenvalue weighted by Gasteiger charge is 2.13. The normalized spacial score (nSPS) is 17.4. The molecular formula is C15H15NO2. The van der Waals surface area contributed by atoms with Crippen molar-refractivity contribution in [3.8, 4) is 6.07 Å². The van der Waals surface area contributed by atoms with Gasteiger partial charge in [0, 0.05) is 6.42 Å². The molecule has 1 aromatic carbocycles. The van der Waals surface area contributed by atoms with Crippen LogP contribution >= 0.6 is 0 Å². The number of carbonyl (C=O) groups excluding carboxylic acids is 1. The number of nitrogens with zero attached hydrogens (tertiary/aromatic N) is 1. The predicted octanol–water partition coefficient (Wildman–Crippen LogP) is 2.96. The standard InChI is InChI=1S/C15H15NO2/c1-18-15(17)14-7-6-12-4-2-11(8-9-16)3-5-13(12)10-14/h3,5-7,10-11H,2,4,8H2,1H3. The zero-order chi connectivity index (χ0) is 13.0. The molecule has 0 N–H and O–H groups in total. The van der Waals surface area contributed by atoms with Crippen molar-refractivity contribution in [3.05, 3.63) is 41.0 Å². The van der Waals surface area contributed by atoms with Crippen molar-refractivity contribution < 1.29 is 9.53 Å². The molecule has 1 aliphatic rings. The average Bonchev–Trinajstić information content (AvgIpc) is 2.60. The maximum Gasteiger partial charge on any atom is 0.337 e. The third-order valence-electron chi connectivity index (χ3n) is 3.25. The molecule has 0 saturated heterocycles. The Labute approximate surface area is 107 Å². The fraction of sp³-hybridized carbons (Fsp3) is 0.333. The van der Waals surface area contributed by atoms with Crippen LogP contribution in [0.4, 0.5) is 0 Å². The Morgan fingerprint density at radius 2 is 2.39 bits per heavy atom. The first-order valence-corrected chi connectivity index (χ1v) is 6.01. The summed E-state index contributed by atoms with van der Waals surface area (Å²) in [6.45, 7) is 0. The summed E-state index contributed by atoms with van der Waals surface area (Å²) in [5, 5.41) is 8.73. The molecule has 1 aliphatic carbocycles. The van der Waals surface area contributed by atoms with Crippen molar-refractivity contribution in [2.75, 3.05) is 7.11 Å². The SMILES string of the molecule is COC(=O)c1ccc2c(c1)C=CC(CC#N)CC2. The smallest absolute Gasteiger partial charge is 0.337 e. The van der Waals surface area contributed by atoms with E-state index in [1.54, 1.807) is 6.07 Å². The second-order valence-corrected chi connectivity index (χ2v) is 4.43. The second-order valence-electron chi connectivity index (χ2n) is 4.43. The lowest BCUT2D eigenvalue weighted by molar-refractivity contribution is 0.0600. The summed E-state index contributed by atoms with van der Waals surface area (Å²) >= 11 is 0. The first-order chi connectivity index (χ1) is 8.74. The summed E-state index contributed by atoms with van der Waals surface area (Å²) in [4.78, 5) is 11.5. The summed E-state index contributed by atoms with van der Waals surface area (Å²) in [5.41, 5.74) is 2.84. The molecular weight excluding hydrogens is 226 g/mol. The highest BCUT2D eigenvalue weighted by Crippen LogP contribution is 2.24. The van der Waals surface area contributed by atoms with Crippen LogP contribution in [0.3, 0.4) is 0 Å². The fourth-order valence-corrected chi connectivity index (χ4v) is 2.19. The number of benzene rings is 1. The van der Waals surface area contributed by atoms with E-state index in [9.17, 15) is 4.79 Å². The minimum atomic E-state index is -0.316. The summed E-state index contributed by atoms with van der Waals surface area (Å²) in [5.74, 6) is -0.00648. The molecule has 0 bridgehead atoms. The number of methoxy groups -OCH3 is 1. The molecule has 1 atom stereocenters. The lowest BCUT2D eigenvalue weighted by Crippen LogP contribution is -2.02. The maximum absolute atomic E-state index is 11.5. The van der Waals surface area contributed by atoms with Crippen LogP contribution in [0, 0.1) is 17.2 Å². The number of allylic oxidation sites excluding steroid dienone is 1. The Kier molecular flexibility index (Phi) is 3.78. The lowest BCUT2D eigenvalue weighted by atomic mass is 9.98. The van der Waals surface area contributed by atoms with E-state index in [-0.39, 0.29) is 5.97 Å². The number of aryl methyl sites for hydroxylation is 1. The minimum Gasteiger partial charge on any atom is -0.465 e. The van der Waals surface area contributed by atoms with Crippen molar-refractivity contribution in [1.29, 1.82) is 5.26 Å². The molecule has 0 spiro atoms. The molecule has 0 fully saturated rings. The van der Waals surface area contributed by atoms with Gasteiger partial charge in [0.1, 0.15) is 0 Å². The van der Waals surface area contributed by atoms with Crippen LogP contribution in [0.25, 0.3) is 6.08 Å². The Balaban J connectivity index is 2.28. The van der Waals surface area contributed by atoms with Gasteiger partial charge in [-0.1, -0.05) is 18.2 Å². The highest BCUT2D eigenvalue weighted by molar-refractivity contribution is 5.90. The van der Waals surface area contributed by atoms with Crippen LogP contribution in [-0.4, -0.2) is 13.1 Å². The van der Waals surface area contributed by atoms with Crippen LogP contribution in [0.1, 0.15) is 34.3 Å². The van der Waals surface area contributed by atoms with E-state index in [1.165, 1.54) is 12.7 Å². The van der Waals surface area contributed by atoms with E-state index >= 15 is 0 Å². The van der Waals surface area contributed by atoms with E-state index in [4.69, 9.17) is 10.00 Å². The Bertz CT molecular complexity index is 526. The van der Waals surface area contributed by atoms with Gasteiger partial charge >= 0.3 is 5.97 Å². The van der Waals surface area contributed by atoms with Gasteiger partial charge in [0.2, 0.25) is 0 Å². The average molecular weight is 241 g/mol. The van der Waals surface area contributed by atoms with Crippen molar-refractivity contribution in [3.63, 3.8) is 0 Å². The summed E-state index contributed by atoms with van der Waals surface area (Å²) in [7, 11) is 1.38. The predicted molar refractivity (Wildman–Crippen MR) is 68.9 cm³/mol. The van der Waals surface area contributed by atoms with Gasteiger partial charge in [0.15, 0.2) is 0 Å². The van der Waals surface area contributed by atoms with Crippen LogP contribution in [-0.2, 0) is 11.2 Å². The van der Waals surface area contributed by atoms with E-state index in [2.05, 4.69) is 12.1 Å². The Morgan fingerprint density at radius 3 is 3.11 bits per heavy atom. The van der Waals surface area contributed by atoms with Gasteiger partial charge in [-0.05, 0) is 42.0 Å². The molecule has 1 unspecified atom stereocenters. The number of hydrogen-bond acceptors (Lipinski definition) is 3. The summed E-state index contributed by atoms with van der Waals surface area (Å²) in [6.07, 6.45) is 6.55. The van der Waals surface area contributed by atoms with E-state index in [0.29, 0.717) is 17.9 Å². The number of esters is 1. The van der Waals surface area contributed by atoms with Crippen molar-refractivity contribution >= 4 is 12.0 Å². The van der Waals surface area contributed by atoms with E-state index < -0.39 is 0 Å². The molecule has 0 saturated carbocycles. The molecule has 0 radical (unpaired) electrons. The first kappa shape index (κ1) is 12.4. The van der Waals surface area contributed by atoms with E-state index in [0.717, 1.165) is 18.4 Å². The molecule has 0 amide bonds. The van der Waals surface area contributed by atoms with Crippen LogP contribution in [0.5, 0.6) is 0 Å². The quantitative estimate of drug-likeness (QED) is 0.748. The van der Waals surface area contributed by atoms with Gasteiger partial charge < -0.3 is 4.74 Å². The van der Waals surface area contributed by atoms with Gasteiger partial charge in [-0.25, -0.2) is 4.79 Å². The maximum atomic E-state index is 11.5. The Morgan fingerprint density at radius 1 is 1.56 bits per heavy atom. The molecule has 0 aliphatic heterocycles.